The Labute approximate surface area is 129 Å². The van der Waals surface area contributed by atoms with E-state index in [4.69, 9.17) is 10.3 Å². The lowest BCUT2D eigenvalue weighted by atomic mass is 10.0. The predicted molar refractivity (Wildman–Crippen MR) is 83.9 cm³/mol. The molecule has 0 bridgehead atoms. The van der Waals surface area contributed by atoms with E-state index in [1.807, 2.05) is 19.9 Å². The second-order valence-corrected chi connectivity index (χ2v) is 5.10. The molecule has 0 aromatic carbocycles. The molecule has 0 radical (unpaired) electrons. The van der Waals surface area contributed by atoms with Crippen LogP contribution in [0.5, 0.6) is 0 Å². The van der Waals surface area contributed by atoms with E-state index < -0.39 is 0 Å². The molecule has 0 saturated carbocycles. The third-order valence-electron chi connectivity index (χ3n) is 3.14. The van der Waals surface area contributed by atoms with Crippen molar-refractivity contribution in [1.29, 1.82) is 0 Å². The summed E-state index contributed by atoms with van der Waals surface area (Å²) in [6.07, 6.45) is 0.750. The van der Waals surface area contributed by atoms with Gasteiger partial charge in [0.1, 0.15) is 0 Å². The van der Waals surface area contributed by atoms with Crippen LogP contribution in [-0.2, 0) is 0 Å². The van der Waals surface area contributed by atoms with Gasteiger partial charge in [-0.05, 0) is 31.9 Å². The van der Waals surface area contributed by atoms with Gasteiger partial charge in [0.05, 0.1) is 16.6 Å². The maximum Gasteiger partial charge on any atom is 0.259 e. The van der Waals surface area contributed by atoms with Gasteiger partial charge in [-0.2, -0.15) is 0 Å². The molecule has 2 rings (SSSR count). The topological polar surface area (TPSA) is 94.0 Å². The molecule has 0 fully saturated rings. The van der Waals surface area contributed by atoms with Gasteiger partial charge in [-0.25, -0.2) is 4.98 Å². The largest absolute Gasteiger partial charge is 0.352 e. The summed E-state index contributed by atoms with van der Waals surface area (Å²) in [5.41, 5.74) is 7.90. The van der Waals surface area contributed by atoms with Crippen molar-refractivity contribution in [2.45, 2.75) is 33.1 Å². The standard InChI is InChI=1S/C14H20N4O2.ClH/c1-8(2)11-7-10(13(19)16-6-4-5-15)12-9(3)18-20-14(12)17-11;/h7-8H,4-6,15H2,1-3H3,(H,16,19);1H. The number of amides is 1. The number of carbonyl (C=O) groups is 1. The van der Waals surface area contributed by atoms with E-state index in [1.54, 1.807) is 6.92 Å². The minimum absolute atomic E-state index is 0. The van der Waals surface area contributed by atoms with E-state index in [2.05, 4.69) is 15.5 Å². The Balaban J connectivity index is 0.00000220. The van der Waals surface area contributed by atoms with Crippen molar-refractivity contribution in [3.8, 4) is 0 Å². The van der Waals surface area contributed by atoms with Crippen LogP contribution in [0.25, 0.3) is 11.1 Å². The van der Waals surface area contributed by atoms with E-state index in [9.17, 15) is 4.79 Å². The first-order valence-electron chi connectivity index (χ1n) is 6.79. The number of pyridine rings is 1. The molecule has 2 heterocycles. The number of hydrogen-bond acceptors (Lipinski definition) is 5. The zero-order chi connectivity index (χ0) is 14.7. The lowest BCUT2D eigenvalue weighted by Crippen LogP contribution is -2.26. The first kappa shape index (κ1) is 17.4. The average Bonchev–Trinajstić information content (AvgIpc) is 2.79. The summed E-state index contributed by atoms with van der Waals surface area (Å²) in [5, 5.41) is 7.44. The molecule has 0 unspecified atom stereocenters. The first-order valence-corrected chi connectivity index (χ1v) is 6.79. The van der Waals surface area contributed by atoms with Gasteiger partial charge in [-0.15, -0.1) is 12.4 Å². The van der Waals surface area contributed by atoms with Crippen LogP contribution in [0.3, 0.4) is 0 Å². The van der Waals surface area contributed by atoms with Crippen LogP contribution in [-0.4, -0.2) is 29.1 Å². The van der Waals surface area contributed by atoms with Crippen LogP contribution in [0, 0.1) is 6.92 Å². The van der Waals surface area contributed by atoms with Crippen molar-refractivity contribution >= 4 is 29.4 Å². The highest BCUT2D eigenvalue weighted by Crippen LogP contribution is 2.24. The summed E-state index contributed by atoms with van der Waals surface area (Å²) < 4.78 is 5.19. The maximum atomic E-state index is 12.3. The Morgan fingerprint density at radius 1 is 1.48 bits per heavy atom. The molecule has 0 aliphatic heterocycles. The summed E-state index contributed by atoms with van der Waals surface area (Å²) in [6, 6.07) is 1.81. The Morgan fingerprint density at radius 2 is 2.19 bits per heavy atom. The molecule has 2 aromatic heterocycles. The lowest BCUT2D eigenvalue weighted by Gasteiger charge is -2.09. The van der Waals surface area contributed by atoms with Crippen molar-refractivity contribution in [2.75, 3.05) is 13.1 Å². The highest BCUT2D eigenvalue weighted by atomic mass is 35.5. The Morgan fingerprint density at radius 3 is 2.81 bits per heavy atom. The number of fused-ring (bicyclic) bond motifs is 1. The molecule has 0 aliphatic rings. The average molecular weight is 313 g/mol. The number of aryl methyl sites for hydroxylation is 1. The van der Waals surface area contributed by atoms with E-state index in [-0.39, 0.29) is 24.2 Å². The van der Waals surface area contributed by atoms with Crippen molar-refractivity contribution in [3.05, 3.63) is 23.0 Å². The summed E-state index contributed by atoms with van der Waals surface area (Å²) >= 11 is 0. The zero-order valence-electron chi connectivity index (χ0n) is 12.5. The van der Waals surface area contributed by atoms with Gasteiger partial charge in [0.15, 0.2) is 0 Å². The van der Waals surface area contributed by atoms with Crippen LogP contribution in [0.4, 0.5) is 0 Å². The Hall–Kier alpha value is -1.66. The van der Waals surface area contributed by atoms with Crippen molar-refractivity contribution < 1.29 is 9.32 Å². The molecule has 0 atom stereocenters. The summed E-state index contributed by atoms with van der Waals surface area (Å²) in [7, 11) is 0. The third kappa shape index (κ3) is 3.71. The van der Waals surface area contributed by atoms with Crippen LogP contribution < -0.4 is 11.1 Å². The SMILES string of the molecule is Cc1noc2nc(C(C)C)cc(C(=O)NCCCN)c12.Cl. The normalized spacial score (nSPS) is 10.7. The van der Waals surface area contributed by atoms with E-state index in [0.717, 1.165) is 12.1 Å². The molecule has 3 N–H and O–H groups in total. The quantitative estimate of drug-likeness (QED) is 0.825. The van der Waals surface area contributed by atoms with E-state index in [0.29, 0.717) is 35.4 Å². The molecule has 2 aromatic rings. The van der Waals surface area contributed by atoms with Crippen LogP contribution >= 0.6 is 12.4 Å². The number of aromatic nitrogens is 2. The second kappa shape index (κ2) is 7.38. The molecular formula is C14H21ClN4O2. The molecule has 116 valence electrons. The number of nitrogens with zero attached hydrogens (tertiary/aromatic N) is 2. The number of nitrogens with one attached hydrogen (secondary N) is 1. The summed E-state index contributed by atoms with van der Waals surface area (Å²) in [6.45, 7) is 6.95. The Bertz CT molecular complexity index is 625. The van der Waals surface area contributed by atoms with Crippen molar-refractivity contribution in [2.24, 2.45) is 5.73 Å². The number of nitrogens with two attached hydrogens (primary N) is 1. The second-order valence-electron chi connectivity index (χ2n) is 5.10. The number of rotatable bonds is 5. The van der Waals surface area contributed by atoms with Gasteiger partial charge < -0.3 is 15.6 Å². The van der Waals surface area contributed by atoms with Gasteiger partial charge in [0.25, 0.3) is 11.6 Å². The molecule has 6 nitrogen and oxygen atoms in total. The highest BCUT2D eigenvalue weighted by Gasteiger charge is 2.19. The lowest BCUT2D eigenvalue weighted by molar-refractivity contribution is 0.0955. The molecule has 1 amide bonds. The van der Waals surface area contributed by atoms with Crippen LogP contribution in [0.2, 0.25) is 0 Å². The minimum Gasteiger partial charge on any atom is -0.352 e. The van der Waals surface area contributed by atoms with Gasteiger partial charge >= 0.3 is 0 Å². The molecule has 21 heavy (non-hydrogen) atoms. The number of carbonyl (C=O) groups excluding carboxylic acids is 1. The van der Waals surface area contributed by atoms with Crippen molar-refractivity contribution in [3.63, 3.8) is 0 Å². The fourth-order valence-corrected chi connectivity index (χ4v) is 1.99. The highest BCUT2D eigenvalue weighted by molar-refractivity contribution is 6.06. The molecule has 7 heteroatoms. The molecule has 0 aliphatic carbocycles. The van der Waals surface area contributed by atoms with Crippen molar-refractivity contribution in [1.82, 2.24) is 15.5 Å². The molecule has 0 saturated heterocycles. The number of hydrogen-bond donors (Lipinski definition) is 2. The van der Waals surface area contributed by atoms with Crippen LogP contribution in [0.15, 0.2) is 10.6 Å². The smallest absolute Gasteiger partial charge is 0.259 e. The van der Waals surface area contributed by atoms with Gasteiger partial charge in [-0.1, -0.05) is 19.0 Å². The van der Waals surface area contributed by atoms with Crippen LogP contribution in [0.1, 0.15) is 47.9 Å². The summed E-state index contributed by atoms with van der Waals surface area (Å²) in [4.78, 5) is 16.7. The van der Waals surface area contributed by atoms with Gasteiger partial charge in [-0.3, -0.25) is 4.79 Å². The third-order valence-corrected chi connectivity index (χ3v) is 3.14. The first-order chi connectivity index (χ1) is 9.54. The fourth-order valence-electron chi connectivity index (χ4n) is 1.99. The predicted octanol–water partition coefficient (Wildman–Crippen LogP) is 2.16. The van der Waals surface area contributed by atoms with E-state index in [1.165, 1.54) is 0 Å². The van der Waals surface area contributed by atoms with Gasteiger partial charge in [0, 0.05) is 12.2 Å². The van der Waals surface area contributed by atoms with Gasteiger partial charge in [0.2, 0.25) is 0 Å². The summed E-state index contributed by atoms with van der Waals surface area (Å²) in [5.74, 6) is 0.0689. The molecular weight excluding hydrogens is 292 g/mol. The maximum absolute atomic E-state index is 12.3. The molecule has 0 spiro atoms. The minimum atomic E-state index is -0.140. The fraction of sp³-hybridized carbons (Fsp3) is 0.500. The number of halogens is 1. The van der Waals surface area contributed by atoms with E-state index >= 15 is 0 Å². The monoisotopic (exact) mass is 312 g/mol. The Kier molecular flexibility index (Phi) is 6.11. The zero-order valence-corrected chi connectivity index (χ0v) is 13.3.